The summed E-state index contributed by atoms with van der Waals surface area (Å²) >= 11 is 7.83. The van der Waals surface area contributed by atoms with E-state index in [1.54, 1.807) is 42.7 Å². The lowest BCUT2D eigenvalue weighted by atomic mass is 10.1. The first-order chi connectivity index (χ1) is 15.5. The van der Waals surface area contributed by atoms with Crippen LogP contribution in [-0.4, -0.2) is 41.2 Å². The lowest BCUT2D eigenvalue weighted by Gasteiger charge is -2.22. The largest absolute Gasteiger partial charge is 0.493 e. The van der Waals surface area contributed by atoms with E-state index in [0.717, 1.165) is 28.7 Å². The van der Waals surface area contributed by atoms with Crippen molar-refractivity contribution in [3.05, 3.63) is 65.2 Å². The number of nitrogens with zero attached hydrogens (tertiary/aromatic N) is 4. The van der Waals surface area contributed by atoms with Crippen LogP contribution in [0.1, 0.15) is 22.3 Å². The van der Waals surface area contributed by atoms with Crippen LogP contribution in [0.2, 0.25) is 5.02 Å². The van der Waals surface area contributed by atoms with Gasteiger partial charge in [-0.1, -0.05) is 35.1 Å². The first-order valence-electron chi connectivity index (χ1n) is 10.1. The number of hydrogen-bond acceptors (Lipinski definition) is 6. The predicted molar refractivity (Wildman–Crippen MR) is 127 cm³/mol. The second-order valence-corrected chi connectivity index (χ2v) is 8.58. The molecule has 166 valence electrons. The number of ether oxygens (including phenoxy) is 2. The fourth-order valence-electron chi connectivity index (χ4n) is 3.52. The van der Waals surface area contributed by atoms with E-state index in [2.05, 4.69) is 4.98 Å². The minimum atomic E-state index is -0.209. The Labute approximate surface area is 195 Å². The number of carbonyl (C=O) groups excluding carboxylic acids is 1. The molecule has 4 aromatic rings. The summed E-state index contributed by atoms with van der Waals surface area (Å²) in [6.45, 7) is 3.18. The molecular formula is C23H23ClN4O3S. The highest BCUT2D eigenvalue weighted by molar-refractivity contribution is 7.23. The van der Waals surface area contributed by atoms with Crippen molar-refractivity contribution in [2.45, 2.75) is 19.9 Å². The molecule has 1 amide bonds. The monoisotopic (exact) mass is 470 g/mol. The number of halogens is 1. The molecule has 2 aromatic heterocycles. The van der Waals surface area contributed by atoms with Gasteiger partial charge in [-0.2, -0.15) is 0 Å². The Morgan fingerprint density at radius 2 is 2.06 bits per heavy atom. The molecule has 0 radical (unpaired) electrons. The Kier molecular flexibility index (Phi) is 6.62. The Hall–Kier alpha value is -3.10. The van der Waals surface area contributed by atoms with Crippen molar-refractivity contribution in [3.8, 4) is 11.5 Å². The highest BCUT2D eigenvalue weighted by Gasteiger charge is 2.26. The van der Waals surface area contributed by atoms with Gasteiger partial charge in [0.2, 0.25) is 0 Å². The Bertz CT molecular complexity index is 1200. The number of anilines is 1. The van der Waals surface area contributed by atoms with Crippen molar-refractivity contribution in [1.29, 1.82) is 0 Å². The maximum atomic E-state index is 13.7. The second kappa shape index (κ2) is 9.58. The van der Waals surface area contributed by atoms with E-state index >= 15 is 0 Å². The van der Waals surface area contributed by atoms with Crippen LogP contribution in [0, 0.1) is 6.92 Å². The van der Waals surface area contributed by atoms with Crippen molar-refractivity contribution >= 4 is 44.2 Å². The average molecular weight is 471 g/mol. The summed E-state index contributed by atoms with van der Waals surface area (Å²) in [5.74, 6) is 0.689. The molecule has 0 bridgehead atoms. The lowest BCUT2D eigenvalue weighted by molar-refractivity contribution is 0.0982. The van der Waals surface area contributed by atoms with Gasteiger partial charge in [0.1, 0.15) is 0 Å². The van der Waals surface area contributed by atoms with Crippen molar-refractivity contribution in [2.24, 2.45) is 0 Å². The molecule has 0 saturated carbocycles. The summed E-state index contributed by atoms with van der Waals surface area (Å²) in [6, 6.07) is 9.07. The van der Waals surface area contributed by atoms with Gasteiger partial charge < -0.3 is 14.0 Å². The van der Waals surface area contributed by atoms with Gasteiger partial charge >= 0.3 is 0 Å². The van der Waals surface area contributed by atoms with E-state index < -0.39 is 0 Å². The number of thiazole rings is 1. The quantitative estimate of drug-likeness (QED) is 0.353. The van der Waals surface area contributed by atoms with E-state index in [9.17, 15) is 4.79 Å². The molecule has 0 atom stereocenters. The number of aryl methyl sites for hydroxylation is 2. The molecule has 0 N–H and O–H groups in total. The van der Waals surface area contributed by atoms with Gasteiger partial charge in [-0.25, -0.2) is 9.97 Å². The third kappa shape index (κ3) is 4.28. The standard InChI is InChI=1S/C23H23ClN4O3S/c1-15-8-9-17(24)21-19(15)26-23(32-21)28(12-5-11-27-13-10-25-14-27)22(29)16-6-4-7-18(30-2)20(16)31-3/h4,6-10,13-14H,5,11-12H2,1-3H3. The fraction of sp³-hybridized carbons (Fsp3) is 0.261. The zero-order valence-electron chi connectivity index (χ0n) is 18.0. The molecule has 32 heavy (non-hydrogen) atoms. The van der Waals surface area contributed by atoms with E-state index in [1.165, 1.54) is 18.4 Å². The molecule has 0 fully saturated rings. The topological polar surface area (TPSA) is 69.5 Å². The number of para-hydroxylation sites is 1. The molecule has 7 nitrogen and oxygen atoms in total. The van der Waals surface area contributed by atoms with Gasteiger partial charge in [0.25, 0.3) is 5.91 Å². The molecule has 9 heteroatoms. The summed E-state index contributed by atoms with van der Waals surface area (Å²) in [7, 11) is 3.08. The zero-order chi connectivity index (χ0) is 22.7. The number of aromatic nitrogens is 3. The van der Waals surface area contributed by atoms with Gasteiger partial charge in [0, 0.05) is 25.5 Å². The summed E-state index contributed by atoms with van der Waals surface area (Å²) in [6.07, 6.45) is 6.12. The van der Waals surface area contributed by atoms with Crippen LogP contribution < -0.4 is 14.4 Å². The van der Waals surface area contributed by atoms with Crippen LogP contribution >= 0.6 is 22.9 Å². The second-order valence-electron chi connectivity index (χ2n) is 7.19. The number of amides is 1. The van der Waals surface area contributed by atoms with E-state index in [4.69, 9.17) is 26.1 Å². The fourth-order valence-corrected chi connectivity index (χ4v) is 4.86. The SMILES string of the molecule is COc1cccc(C(=O)N(CCCn2ccnc2)c2nc3c(C)ccc(Cl)c3s2)c1OC. The van der Waals surface area contributed by atoms with E-state index in [-0.39, 0.29) is 5.91 Å². The lowest BCUT2D eigenvalue weighted by Crippen LogP contribution is -2.32. The summed E-state index contributed by atoms with van der Waals surface area (Å²) < 4.78 is 13.7. The van der Waals surface area contributed by atoms with E-state index in [0.29, 0.717) is 33.8 Å². The first kappa shape index (κ1) is 22.1. The molecule has 2 aromatic carbocycles. The summed E-state index contributed by atoms with van der Waals surface area (Å²) in [5.41, 5.74) is 2.23. The molecule has 0 aliphatic rings. The van der Waals surface area contributed by atoms with E-state index in [1.807, 2.05) is 29.8 Å². The normalized spacial score (nSPS) is 11.0. The molecule has 0 spiro atoms. The highest BCUT2D eigenvalue weighted by Crippen LogP contribution is 2.38. The molecular weight excluding hydrogens is 448 g/mol. The number of benzene rings is 2. The third-order valence-electron chi connectivity index (χ3n) is 5.15. The van der Waals surface area contributed by atoms with Crippen molar-refractivity contribution in [1.82, 2.24) is 14.5 Å². The van der Waals surface area contributed by atoms with Gasteiger partial charge in [-0.05, 0) is 37.1 Å². The van der Waals surface area contributed by atoms with Crippen LogP contribution in [0.15, 0.2) is 49.1 Å². The smallest absolute Gasteiger partial charge is 0.263 e. The van der Waals surface area contributed by atoms with Gasteiger partial charge in [-0.15, -0.1) is 0 Å². The molecule has 0 aliphatic carbocycles. The highest BCUT2D eigenvalue weighted by atomic mass is 35.5. The number of rotatable bonds is 8. The number of fused-ring (bicyclic) bond motifs is 1. The number of methoxy groups -OCH3 is 2. The average Bonchev–Trinajstić information content (AvgIpc) is 3.49. The third-order valence-corrected chi connectivity index (χ3v) is 6.69. The number of carbonyl (C=O) groups is 1. The van der Waals surface area contributed by atoms with Crippen LogP contribution in [0.3, 0.4) is 0 Å². The van der Waals surface area contributed by atoms with Gasteiger partial charge in [-0.3, -0.25) is 9.69 Å². The summed E-state index contributed by atoms with van der Waals surface area (Å²) in [5, 5.41) is 1.22. The van der Waals surface area contributed by atoms with Gasteiger partial charge in [0.15, 0.2) is 16.6 Å². The van der Waals surface area contributed by atoms with Crippen molar-refractivity contribution in [2.75, 3.05) is 25.7 Å². The van der Waals surface area contributed by atoms with Gasteiger partial charge in [0.05, 0.1) is 41.3 Å². The minimum absolute atomic E-state index is 0.209. The van der Waals surface area contributed by atoms with Crippen molar-refractivity contribution < 1.29 is 14.3 Å². The molecule has 2 heterocycles. The Morgan fingerprint density at radius 3 is 2.75 bits per heavy atom. The Morgan fingerprint density at radius 1 is 1.22 bits per heavy atom. The van der Waals surface area contributed by atoms with Crippen LogP contribution in [0.25, 0.3) is 10.2 Å². The minimum Gasteiger partial charge on any atom is -0.493 e. The number of hydrogen-bond donors (Lipinski definition) is 0. The molecule has 0 unspecified atom stereocenters. The van der Waals surface area contributed by atoms with Crippen LogP contribution in [-0.2, 0) is 6.54 Å². The molecule has 0 aliphatic heterocycles. The Balaban J connectivity index is 1.73. The predicted octanol–water partition coefficient (Wildman–Crippen LogP) is 5.21. The molecule has 0 saturated heterocycles. The van der Waals surface area contributed by atoms with Crippen LogP contribution in [0.5, 0.6) is 11.5 Å². The molecule has 4 rings (SSSR count). The maximum absolute atomic E-state index is 13.7. The first-order valence-corrected chi connectivity index (χ1v) is 11.3. The number of imidazole rings is 1. The van der Waals surface area contributed by atoms with Crippen LogP contribution in [0.4, 0.5) is 5.13 Å². The summed E-state index contributed by atoms with van der Waals surface area (Å²) in [4.78, 5) is 24.3. The zero-order valence-corrected chi connectivity index (χ0v) is 19.6. The van der Waals surface area contributed by atoms with Crippen molar-refractivity contribution in [3.63, 3.8) is 0 Å². The maximum Gasteiger partial charge on any atom is 0.263 e.